The summed E-state index contributed by atoms with van der Waals surface area (Å²) >= 11 is 0. The predicted octanol–water partition coefficient (Wildman–Crippen LogP) is 2.43. The van der Waals surface area contributed by atoms with Crippen molar-refractivity contribution in [2.45, 2.75) is 53.4 Å². The van der Waals surface area contributed by atoms with Crippen LogP contribution in [-0.2, 0) is 4.79 Å². The Bertz CT molecular complexity index is 348. The van der Waals surface area contributed by atoms with Crippen molar-refractivity contribution >= 4 is 11.7 Å². The van der Waals surface area contributed by atoms with Crippen LogP contribution in [0.3, 0.4) is 0 Å². The van der Waals surface area contributed by atoms with Gasteiger partial charge in [0.05, 0.1) is 0 Å². The Labute approximate surface area is 122 Å². The van der Waals surface area contributed by atoms with Gasteiger partial charge >= 0.3 is 0 Å². The van der Waals surface area contributed by atoms with Gasteiger partial charge in [-0.3, -0.25) is 4.79 Å². The molecule has 1 amide bonds. The smallest absolute Gasteiger partial charge is 0.236 e. The molecule has 0 spiro atoms. The summed E-state index contributed by atoms with van der Waals surface area (Å²) in [6.07, 6.45) is 3.36. The molecule has 1 aliphatic rings. The summed E-state index contributed by atoms with van der Waals surface area (Å²) in [5.74, 6) is 1.22. The van der Waals surface area contributed by atoms with Crippen LogP contribution in [0.15, 0.2) is 5.16 Å². The molecule has 0 saturated heterocycles. The van der Waals surface area contributed by atoms with Crippen LogP contribution in [-0.4, -0.2) is 34.9 Å². The molecule has 5 nitrogen and oxygen atoms in total. The molecule has 0 radical (unpaired) electrons. The fraction of sp³-hybridized carbons (Fsp3) is 0.867. The molecule has 1 aliphatic carbocycles. The van der Waals surface area contributed by atoms with E-state index < -0.39 is 5.41 Å². The Morgan fingerprint density at radius 3 is 1.95 bits per heavy atom. The Kier molecular flexibility index (Phi) is 5.84. The van der Waals surface area contributed by atoms with Gasteiger partial charge in [-0.15, -0.1) is 0 Å². The molecule has 0 aromatic carbocycles. The molecule has 0 atom stereocenters. The Hall–Kier alpha value is -1.26. The van der Waals surface area contributed by atoms with Crippen LogP contribution < -0.4 is 5.73 Å². The van der Waals surface area contributed by atoms with Crippen molar-refractivity contribution in [1.82, 2.24) is 4.90 Å². The molecule has 0 aromatic heterocycles. The zero-order valence-corrected chi connectivity index (χ0v) is 13.2. The highest BCUT2D eigenvalue weighted by Crippen LogP contribution is 2.47. The maximum absolute atomic E-state index is 12.7. The minimum absolute atomic E-state index is 0.0362. The van der Waals surface area contributed by atoms with E-state index in [4.69, 9.17) is 10.9 Å². The second kappa shape index (κ2) is 6.95. The predicted molar refractivity (Wildman–Crippen MR) is 80.6 cm³/mol. The number of carbonyl (C=O) groups excluding carboxylic acids is 1. The van der Waals surface area contributed by atoms with Gasteiger partial charge in [0.2, 0.25) is 5.91 Å². The average molecular weight is 283 g/mol. The van der Waals surface area contributed by atoms with Crippen molar-refractivity contribution < 1.29 is 10.0 Å². The topological polar surface area (TPSA) is 78.9 Å². The van der Waals surface area contributed by atoms with Crippen LogP contribution >= 0.6 is 0 Å². The summed E-state index contributed by atoms with van der Waals surface area (Å²) < 4.78 is 0. The lowest BCUT2D eigenvalue weighted by molar-refractivity contribution is -0.135. The third-order valence-corrected chi connectivity index (χ3v) is 4.00. The fourth-order valence-corrected chi connectivity index (χ4v) is 2.25. The molecule has 0 unspecified atom stereocenters. The van der Waals surface area contributed by atoms with E-state index in [0.717, 1.165) is 25.9 Å². The SMILES string of the molecule is CC(C)CCN(CCC(C)C)C(=O)C1(C(N)=NO)CC1. The minimum Gasteiger partial charge on any atom is -0.409 e. The highest BCUT2D eigenvalue weighted by Gasteiger charge is 2.55. The van der Waals surface area contributed by atoms with Gasteiger partial charge in [-0.05, 0) is 37.5 Å². The van der Waals surface area contributed by atoms with Crippen LogP contribution in [0.2, 0.25) is 0 Å². The molecule has 1 rings (SSSR count). The van der Waals surface area contributed by atoms with Gasteiger partial charge in [0.15, 0.2) is 5.84 Å². The van der Waals surface area contributed by atoms with E-state index in [0.29, 0.717) is 24.7 Å². The molecular formula is C15H29N3O2. The Morgan fingerprint density at radius 1 is 1.20 bits per heavy atom. The lowest BCUT2D eigenvalue weighted by Gasteiger charge is -2.28. The Balaban J connectivity index is 2.73. The number of carbonyl (C=O) groups is 1. The first-order valence-corrected chi connectivity index (χ1v) is 7.61. The highest BCUT2D eigenvalue weighted by atomic mass is 16.4. The van der Waals surface area contributed by atoms with E-state index in [-0.39, 0.29) is 11.7 Å². The number of nitrogens with zero attached hydrogens (tertiary/aromatic N) is 2. The van der Waals surface area contributed by atoms with E-state index in [9.17, 15) is 4.79 Å². The lowest BCUT2D eigenvalue weighted by atomic mass is 10.0. The molecule has 5 heteroatoms. The second-order valence-electron chi connectivity index (χ2n) is 6.72. The summed E-state index contributed by atoms with van der Waals surface area (Å²) in [5, 5.41) is 11.9. The Morgan fingerprint density at radius 2 is 1.65 bits per heavy atom. The van der Waals surface area contributed by atoms with Crippen LogP contribution in [0.1, 0.15) is 53.4 Å². The quantitative estimate of drug-likeness (QED) is 0.311. The summed E-state index contributed by atoms with van der Waals surface area (Å²) in [4.78, 5) is 14.6. The maximum Gasteiger partial charge on any atom is 0.236 e. The van der Waals surface area contributed by atoms with Crippen molar-refractivity contribution in [2.75, 3.05) is 13.1 Å². The molecule has 0 aliphatic heterocycles. The normalized spacial score (nSPS) is 17.6. The first-order valence-electron chi connectivity index (χ1n) is 7.61. The standard InChI is InChI=1S/C15H29N3O2/c1-11(2)5-9-18(10-6-12(3)4)14(19)15(7-8-15)13(16)17-20/h11-12,20H,5-10H2,1-4H3,(H2,16,17). The number of amides is 1. The molecule has 1 saturated carbocycles. The second-order valence-corrected chi connectivity index (χ2v) is 6.72. The van der Waals surface area contributed by atoms with E-state index >= 15 is 0 Å². The fourth-order valence-electron chi connectivity index (χ4n) is 2.25. The maximum atomic E-state index is 12.7. The third kappa shape index (κ3) is 4.12. The average Bonchev–Trinajstić information content (AvgIpc) is 3.18. The summed E-state index contributed by atoms with van der Waals surface area (Å²) in [6.45, 7) is 10.1. The largest absolute Gasteiger partial charge is 0.409 e. The van der Waals surface area contributed by atoms with Crippen molar-refractivity contribution in [3.63, 3.8) is 0 Å². The molecule has 20 heavy (non-hydrogen) atoms. The van der Waals surface area contributed by atoms with Crippen LogP contribution in [0.4, 0.5) is 0 Å². The van der Waals surface area contributed by atoms with Gasteiger partial charge < -0.3 is 15.8 Å². The van der Waals surface area contributed by atoms with Gasteiger partial charge in [-0.2, -0.15) is 0 Å². The first-order chi connectivity index (χ1) is 9.33. The van der Waals surface area contributed by atoms with Gasteiger partial charge in [0.1, 0.15) is 5.41 Å². The number of hydrogen-bond donors (Lipinski definition) is 2. The summed E-state index contributed by atoms with van der Waals surface area (Å²) in [5.41, 5.74) is 5.00. The minimum atomic E-state index is -0.720. The lowest BCUT2D eigenvalue weighted by Crippen LogP contribution is -2.44. The van der Waals surface area contributed by atoms with Crippen molar-refractivity contribution in [2.24, 2.45) is 28.1 Å². The van der Waals surface area contributed by atoms with Crippen LogP contribution in [0.5, 0.6) is 0 Å². The third-order valence-electron chi connectivity index (χ3n) is 4.00. The molecule has 1 fully saturated rings. The van der Waals surface area contributed by atoms with Gasteiger partial charge in [-0.1, -0.05) is 32.9 Å². The van der Waals surface area contributed by atoms with Crippen molar-refractivity contribution in [3.8, 4) is 0 Å². The monoisotopic (exact) mass is 283 g/mol. The molecule has 0 heterocycles. The zero-order chi connectivity index (χ0) is 15.3. The van der Waals surface area contributed by atoms with Gasteiger partial charge in [-0.25, -0.2) is 0 Å². The first kappa shape index (κ1) is 16.8. The van der Waals surface area contributed by atoms with E-state index in [1.807, 2.05) is 4.90 Å². The molecule has 0 aromatic rings. The van der Waals surface area contributed by atoms with E-state index in [1.165, 1.54) is 0 Å². The molecular weight excluding hydrogens is 254 g/mol. The molecule has 3 N–H and O–H groups in total. The van der Waals surface area contributed by atoms with Crippen LogP contribution in [0.25, 0.3) is 0 Å². The molecule has 0 bridgehead atoms. The number of nitrogens with two attached hydrogens (primary N) is 1. The van der Waals surface area contributed by atoms with Crippen LogP contribution in [0, 0.1) is 17.3 Å². The number of oxime groups is 1. The number of amidine groups is 1. The van der Waals surface area contributed by atoms with Gasteiger partial charge in [0.25, 0.3) is 0 Å². The molecule has 116 valence electrons. The van der Waals surface area contributed by atoms with Gasteiger partial charge in [0, 0.05) is 13.1 Å². The highest BCUT2D eigenvalue weighted by molar-refractivity contribution is 6.09. The summed E-state index contributed by atoms with van der Waals surface area (Å²) in [7, 11) is 0. The number of rotatable bonds is 8. The van der Waals surface area contributed by atoms with E-state index in [1.54, 1.807) is 0 Å². The van der Waals surface area contributed by atoms with E-state index in [2.05, 4.69) is 32.9 Å². The summed E-state index contributed by atoms with van der Waals surface area (Å²) in [6, 6.07) is 0. The zero-order valence-electron chi connectivity index (χ0n) is 13.2. The van der Waals surface area contributed by atoms with Crippen molar-refractivity contribution in [1.29, 1.82) is 0 Å². The van der Waals surface area contributed by atoms with Crippen molar-refractivity contribution in [3.05, 3.63) is 0 Å². The number of hydrogen-bond acceptors (Lipinski definition) is 3.